The Bertz CT molecular complexity index is 636. The van der Waals surface area contributed by atoms with Crippen LogP contribution >= 0.6 is 23.5 Å². The molecule has 0 spiro atoms. The van der Waals surface area contributed by atoms with Gasteiger partial charge in [-0.3, -0.25) is 19.2 Å². The molecule has 2 saturated heterocycles. The summed E-state index contributed by atoms with van der Waals surface area (Å²) in [6, 6.07) is -4.01. The molecule has 2 fully saturated rings. The minimum absolute atomic E-state index is 0.252. The fraction of sp³-hybridized carbons (Fsp3) is 0.733. The van der Waals surface area contributed by atoms with Crippen LogP contribution in [-0.4, -0.2) is 104 Å². The fourth-order valence-corrected chi connectivity index (χ4v) is 5.22. The molecule has 2 aliphatic rings. The highest BCUT2D eigenvalue weighted by atomic mass is 32.2. The van der Waals surface area contributed by atoms with Gasteiger partial charge in [-0.1, -0.05) is 0 Å². The van der Waals surface area contributed by atoms with E-state index in [0.29, 0.717) is 11.5 Å². The minimum Gasteiger partial charge on any atom is -0.394 e. The van der Waals surface area contributed by atoms with E-state index in [-0.39, 0.29) is 11.8 Å². The second-order valence-corrected chi connectivity index (χ2v) is 8.57. The molecular weight excluding hydrogens is 410 g/mol. The maximum absolute atomic E-state index is 13.0. The number of nitrogens with zero attached hydrogens (tertiary/aromatic N) is 2. The molecule has 158 valence electrons. The number of aliphatic hydroxyl groups excluding tert-OH is 2. The van der Waals surface area contributed by atoms with Crippen molar-refractivity contribution < 1.29 is 29.4 Å². The molecule has 2 rings (SSSR count). The maximum Gasteiger partial charge on any atom is 0.247 e. The number of carbonyl (C=O) groups excluding carboxylic acids is 4. The van der Waals surface area contributed by atoms with Gasteiger partial charge in [-0.25, -0.2) is 0 Å². The van der Waals surface area contributed by atoms with E-state index >= 15 is 0 Å². The molecule has 2 heterocycles. The molecule has 5 atom stereocenters. The smallest absolute Gasteiger partial charge is 0.247 e. The molecule has 0 aliphatic carbocycles. The van der Waals surface area contributed by atoms with E-state index in [2.05, 4.69) is 5.32 Å². The van der Waals surface area contributed by atoms with Crippen molar-refractivity contribution in [2.45, 2.75) is 37.2 Å². The lowest BCUT2D eigenvalue weighted by Gasteiger charge is -2.31. The third-order valence-corrected chi connectivity index (χ3v) is 6.54. The summed E-state index contributed by atoms with van der Waals surface area (Å²) in [6.07, 6.45) is -1.18. The fourth-order valence-electron chi connectivity index (χ4n) is 2.90. The molecule has 11 nitrogen and oxygen atoms in total. The summed E-state index contributed by atoms with van der Waals surface area (Å²) < 4.78 is 0. The van der Waals surface area contributed by atoms with Crippen LogP contribution in [0.4, 0.5) is 0 Å². The molecule has 0 radical (unpaired) electrons. The van der Waals surface area contributed by atoms with Crippen LogP contribution in [0.5, 0.6) is 0 Å². The molecule has 0 aromatic heterocycles. The van der Waals surface area contributed by atoms with Gasteiger partial charge in [-0.15, -0.1) is 23.5 Å². The van der Waals surface area contributed by atoms with E-state index in [9.17, 15) is 24.3 Å². The van der Waals surface area contributed by atoms with E-state index in [4.69, 9.17) is 16.6 Å². The first-order valence-electron chi connectivity index (χ1n) is 8.59. The number of rotatable bonds is 7. The molecule has 0 saturated carbocycles. The van der Waals surface area contributed by atoms with E-state index < -0.39 is 60.5 Å². The Labute approximate surface area is 170 Å². The van der Waals surface area contributed by atoms with Crippen LogP contribution in [0.2, 0.25) is 0 Å². The number of nitrogens with two attached hydrogens (primary N) is 2. The topological polar surface area (TPSA) is 179 Å². The summed E-state index contributed by atoms with van der Waals surface area (Å²) in [4.78, 5) is 52.0. The summed E-state index contributed by atoms with van der Waals surface area (Å²) in [6.45, 7) is 0.797. The van der Waals surface area contributed by atoms with Crippen molar-refractivity contribution in [2.75, 3.05) is 29.9 Å². The van der Waals surface area contributed by atoms with Crippen molar-refractivity contribution in [3.05, 3.63) is 0 Å². The lowest BCUT2D eigenvalue weighted by Crippen LogP contribution is -2.59. The Balaban J connectivity index is 2.10. The predicted molar refractivity (Wildman–Crippen MR) is 104 cm³/mol. The van der Waals surface area contributed by atoms with Crippen molar-refractivity contribution in [3.63, 3.8) is 0 Å². The van der Waals surface area contributed by atoms with E-state index in [1.807, 2.05) is 0 Å². The molecule has 13 heteroatoms. The Morgan fingerprint density at radius 1 is 1.14 bits per heavy atom. The van der Waals surface area contributed by atoms with Crippen molar-refractivity contribution >= 4 is 47.2 Å². The highest BCUT2D eigenvalue weighted by Gasteiger charge is 2.44. The number of hydrogen-bond acceptors (Lipinski definition) is 9. The minimum atomic E-state index is -1.27. The van der Waals surface area contributed by atoms with Gasteiger partial charge >= 0.3 is 0 Å². The Morgan fingerprint density at radius 3 is 2.25 bits per heavy atom. The van der Waals surface area contributed by atoms with Gasteiger partial charge in [0.05, 0.1) is 24.5 Å². The number of thioether (sulfide) groups is 2. The molecule has 28 heavy (non-hydrogen) atoms. The SMILES string of the molecule is C[C@@H](O)[C@H](NC(=O)[C@@H]1CSCN1C(=O)[C@@H]1CSCN1C(=O)[C@@H](N)CO)C(N)=O. The molecule has 7 N–H and O–H groups in total. The first-order valence-corrected chi connectivity index (χ1v) is 10.9. The largest absolute Gasteiger partial charge is 0.394 e. The van der Waals surface area contributed by atoms with Gasteiger partial charge in [0.15, 0.2) is 0 Å². The van der Waals surface area contributed by atoms with Crippen molar-refractivity contribution in [1.82, 2.24) is 15.1 Å². The van der Waals surface area contributed by atoms with E-state index in [1.165, 1.54) is 40.2 Å². The summed E-state index contributed by atoms with van der Waals surface area (Å²) in [5, 5.41) is 21.1. The van der Waals surface area contributed by atoms with Crippen LogP contribution in [0.3, 0.4) is 0 Å². The number of nitrogens with one attached hydrogen (secondary N) is 1. The zero-order chi connectivity index (χ0) is 21.0. The summed E-state index contributed by atoms with van der Waals surface area (Å²) in [5.41, 5.74) is 10.8. The number of aliphatic hydroxyl groups is 2. The Morgan fingerprint density at radius 2 is 1.71 bits per heavy atom. The van der Waals surface area contributed by atoms with Crippen LogP contribution in [0.1, 0.15) is 6.92 Å². The quantitative estimate of drug-likeness (QED) is 0.271. The maximum atomic E-state index is 13.0. The zero-order valence-electron chi connectivity index (χ0n) is 15.3. The second-order valence-electron chi connectivity index (χ2n) is 6.57. The lowest BCUT2D eigenvalue weighted by molar-refractivity contribution is -0.147. The molecular formula is C15H25N5O6S2. The van der Waals surface area contributed by atoms with Gasteiger partial charge in [-0.05, 0) is 6.92 Å². The normalized spacial score (nSPS) is 25.3. The number of carbonyl (C=O) groups is 4. The summed E-state index contributed by atoms with van der Waals surface area (Å²) >= 11 is 2.74. The van der Waals surface area contributed by atoms with Crippen LogP contribution in [0.15, 0.2) is 0 Å². The van der Waals surface area contributed by atoms with Gasteiger partial charge in [-0.2, -0.15) is 0 Å². The third-order valence-electron chi connectivity index (χ3n) is 4.52. The van der Waals surface area contributed by atoms with Gasteiger partial charge in [0, 0.05) is 11.5 Å². The molecule has 0 unspecified atom stereocenters. The Hall–Kier alpha value is -1.54. The third kappa shape index (κ3) is 4.89. The van der Waals surface area contributed by atoms with Gasteiger partial charge < -0.3 is 36.8 Å². The predicted octanol–water partition coefficient (Wildman–Crippen LogP) is -3.54. The van der Waals surface area contributed by atoms with Crippen LogP contribution in [-0.2, 0) is 19.2 Å². The number of amides is 4. The second kappa shape index (κ2) is 9.78. The highest BCUT2D eigenvalue weighted by Crippen LogP contribution is 2.28. The highest BCUT2D eigenvalue weighted by molar-refractivity contribution is 7.99. The van der Waals surface area contributed by atoms with Crippen LogP contribution < -0.4 is 16.8 Å². The van der Waals surface area contributed by atoms with Gasteiger partial charge in [0.2, 0.25) is 23.6 Å². The average molecular weight is 436 g/mol. The molecule has 0 aromatic carbocycles. The van der Waals surface area contributed by atoms with Crippen molar-refractivity contribution in [1.29, 1.82) is 0 Å². The van der Waals surface area contributed by atoms with Gasteiger partial charge in [0.1, 0.15) is 24.2 Å². The van der Waals surface area contributed by atoms with Gasteiger partial charge in [0.25, 0.3) is 0 Å². The zero-order valence-corrected chi connectivity index (χ0v) is 16.9. The molecule has 2 aliphatic heterocycles. The lowest BCUT2D eigenvalue weighted by atomic mass is 10.1. The van der Waals surface area contributed by atoms with E-state index in [0.717, 1.165) is 0 Å². The van der Waals surface area contributed by atoms with Crippen molar-refractivity contribution in [2.24, 2.45) is 11.5 Å². The Kier molecular flexibility index (Phi) is 7.95. The average Bonchev–Trinajstić information content (AvgIpc) is 3.32. The molecule has 0 aromatic rings. The molecule has 0 bridgehead atoms. The first-order chi connectivity index (χ1) is 13.2. The van der Waals surface area contributed by atoms with Crippen LogP contribution in [0, 0.1) is 0 Å². The van der Waals surface area contributed by atoms with Crippen LogP contribution in [0.25, 0.3) is 0 Å². The monoisotopic (exact) mass is 435 g/mol. The summed E-state index contributed by atoms with van der Waals surface area (Å²) in [7, 11) is 0. The van der Waals surface area contributed by atoms with Crippen molar-refractivity contribution in [3.8, 4) is 0 Å². The first kappa shape index (κ1) is 22.7. The standard InChI is InChI=1S/C15H25N5O6S2/c1-7(22)11(12(17)23)18-13(24)9-3-27-5-19(9)15(26)10-4-28-6-20(10)14(25)8(16)2-21/h7-11,21-22H,2-6,16H2,1H3,(H2,17,23)(H,18,24)/t7-,8+,9+,10+,11+/m1/s1. The van der Waals surface area contributed by atoms with E-state index in [1.54, 1.807) is 0 Å². The summed E-state index contributed by atoms with van der Waals surface area (Å²) in [5.74, 6) is -1.22. The number of primary amides is 1. The number of hydrogen-bond donors (Lipinski definition) is 5. The molecule has 4 amide bonds.